The summed E-state index contributed by atoms with van der Waals surface area (Å²) in [5.74, 6) is -0.324. The van der Waals surface area contributed by atoms with Gasteiger partial charge >= 0.3 is 0 Å². The van der Waals surface area contributed by atoms with Gasteiger partial charge in [0, 0.05) is 12.8 Å². The van der Waals surface area contributed by atoms with Gasteiger partial charge in [0.1, 0.15) is 6.10 Å². The predicted octanol–water partition coefficient (Wildman–Crippen LogP) is 1.60. The van der Waals surface area contributed by atoms with Crippen LogP contribution in [-0.2, 0) is 14.2 Å². The van der Waals surface area contributed by atoms with E-state index in [9.17, 15) is 0 Å². The van der Waals surface area contributed by atoms with Crippen molar-refractivity contribution in [2.75, 3.05) is 13.2 Å². The lowest BCUT2D eigenvalue weighted by Crippen LogP contribution is -2.38. The first kappa shape index (κ1) is 10.9. The average Bonchev–Trinajstić information content (AvgIpc) is 2.70. The molecule has 15 heavy (non-hydrogen) atoms. The summed E-state index contributed by atoms with van der Waals surface area (Å²) in [5, 5.41) is 8.65. The first-order valence-corrected chi connectivity index (χ1v) is 5.57. The van der Waals surface area contributed by atoms with Crippen LogP contribution in [0.4, 0.5) is 0 Å². The van der Waals surface area contributed by atoms with Crippen molar-refractivity contribution in [3.8, 4) is 6.07 Å². The second-order valence-corrected chi connectivity index (χ2v) is 4.21. The van der Waals surface area contributed by atoms with Crippen LogP contribution in [0.3, 0.4) is 0 Å². The third kappa shape index (κ3) is 2.49. The van der Waals surface area contributed by atoms with E-state index in [4.69, 9.17) is 19.5 Å². The van der Waals surface area contributed by atoms with Crippen LogP contribution in [-0.4, -0.2) is 31.2 Å². The van der Waals surface area contributed by atoms with E-state index in [0.29, 0.717) is 13.2 Å². The van der Waals surface area contributed by atoms with Gasteiger partial charge in [0.15, 0.2) is 5.79 Å². The van der Waals surface area contributed by atoms with Crippen LogP contribution in [0.15, 0.2) is 0 Å². The molecule has 1 heterocycles. The Morgan fingerprint density at radius 2 is 1.93 bits per heavy atom. The summed E-state index contributed by atoms with van der Waals surface area (Å²) >= 11 is 0. The minimum absolute atomic E-state index is 0.193. The largest absolute Gasteiger partial charge is 0.360 e. The topological polar surface area (TPSA) is 51.5 Å². The summed E-state index contributed by atoms with van der Waals surface area (Å²) in [6.45, 7) is 3.20. The molecule has 1 saturated heterocycles. The maximum Gasteiger partial charge on any atom is 0.168 e. The second-order valence-electron chi connectivity index (χ2n) is 4.21. The Balaban J connectivity index is 1.79. The molecule has 4 heteroatoms. The maximum atomic E-state index is 8.65. The lowest BCUT2D eigenvalue weighted by atomic mass is 9.91. The van der Waals surface area contributed by atoms with E-state index < -0.39 is 0 Å². The molecule has 0 aromatic rings. The zero-order valence-corrected chi connectivity index (χ0v) is 9.07. The van der Waals surface area contributed by atoms with Gasteiger partial charge in [-0.3, -0.25) is 0 Å². The van der Waals surface area contributed by atoms with Gasteiger partial charge < -0.3 is 14.2 Å². The van der Waals surface area contributed by atoms with Crippen molar-refractivity contribution in [3.63, 3.8) is 0 Å². The molecule has 0 radical (unpaired) electrons. The molecule has 0 N–H and O–H groups in total. The van der Waals surface area contributed by atoms with Gasteiger partial charge in [-0.1, -0.05) is 0 Å². The average molecular weight is 211 g/mol. The summed E-state index contributed by atoms with van der Waals surface area (Å²) in [5.41, 5.74) is 0. The normalized spacial score (nSPS) is 27.7. The van der Waals surface area contributed by atoms with Crippen LogP contribution < -0.4 is 0 Å². The zero-order chi connectivity index (χ0) is 10.7. The fourth-order valence-electron chi connectivity index (χ4n) is 2.27. The molecule has 0 amide bonds. The monoisotopic (exact) mass is 211 g/mol. The Kier molecular flexibility index (Phi) is 3.25. The van der Waals surface area contributed by atoms with Gasteiger partial charge in [-0.05, 0) is 19.8 Å². The van der Waals surface area contributed by atoms with Crippen molar-refractivity contribution in [1.29, 1.82) is 5.26 Å². The molecule has 2 rings (SSSR count). The van der Waals surface area contributed by atoms with E-state index in [1.807, 2.05) is 0 Å². The molecular formula is C11H17NO3. The smallest absolute Gasteiger partial charge is 0.168 e. The first-order chi connectivity index (χ1) is 7.24. The molecule has 0 aromatic carbocycles. The number of hydrogen-bond donors (Lipinski definition) is 0. The Morgan fingerprint density at radius 3 is 2.47 bits per heavy atom. The number of nitrogens with zero attached hydrogens (tertiary/aromatic N) is 1. The second kappa shape index (κ2) is 4.48. The highest BCUT2D eigenvalue weighted by Gasteiger charge is 2.40. The van der Waals surface area contributed by atoms with Gasteiger partial charge in [0.2, 0.25) is 0 Å². The molecule has 1 atom stereocenters. The molecule has 84 valence electrons. The SMILES string of the molecule is CC(C#N)OC1CCC2(CC1)OCCO2. The van der Waals surface area contributed by atoms with Crippen molar-refractivity contribution >= 4 is 0 Å². The van der Waals surface area contributed by atoms with Crippen molar-refractivity contribution in [1.82, 2.24) is 0 Å². The molecule has 1 saturated carbocycles. The van der Waals surface area contributed by atoms with Gasteiger partial charge in [-0.25, -0.2) is 0 Å². The lowest BCUT2D eigenvalue weighted by molar-refractivity contribution is -0.193. The fourth-order valence-corrected chi connectivity index (χ4v) is 2.27. The van der Waals surface area contributed by atoms with Gasteiger partial charge in [-0.2, -0.15) is 5.26 Å². The third-order valence-corrected chi connectivity index (χ3v) is 3.09. The summed E-state index contributed by atoms with van der Waals surface area (Å²) < 4.78 is 16.8. The van der Waals surface area contributed by atoms with Crippen LogP contribution in [0, 0.1) is 11.3 Å². The molecule has 0 bridgehead atoms. The highest BCUT2D eigenvalue weighted by atomic mass is 16.7. The molecule has 1 unspecified atom stereocenters. The molecule has 1 aliphatic heterocycles. The van der Waals surface area contributed by atoms with Gasteiger partial charge in [0.05, 0.1) is 25.4 Å². The number of rotatable bonds is 2. The van der Waals surface area contributed by atoms with Crippen LogP contribution in [0.25, 0.3) is 0 Å². The molecule has 2 fully saturated rings. The summed E-state index contributed by atoms with van der Waals surface area (Å²) in [6, 6.07) is 2.09. The van der Waals surface area contributed by atoms with Crippen molar-refractivity contribution in [2.24, 2.45) is 0 Å². The Bertz CT molecular complexity index is 245. The maximum absolute atomic E-state index is 8.65. The van der Waals surface area contributed by atoms with E-state index in [1.165, 1.54) is 0 Å². The molecule has 0 aromatic heterocycles. The zero-order valence-electron chi connectivity index (χ0n) is 9.07. The minimum Gasteiger partial charge on any atom is -0.360 e. The van der Waals surface area contributed by atoms with E-state index in [2.05, 4.69) is 6.07 Å². The van der Waals surface area contributed by atoms with Crippen molar-refractivity contribution < 1.29 is 14.2 Å². The van der Waals surface area contributed by atoms with Crippen LogP contribution in [0.1, 0.15) is 32.6 Å². The summed E-state index contributed by atoms with van der Waals surface area (Å²) in [7, 11) is 0. The molecule has 2 aliphatic rings. The predicted molar refractivity (Wildman–Crippen MR) is 53.1 cm³/mol. The first-order valence-electron chi connectivity index (χ1n) is 5.57. The van der Waals surface area contributed by atoms with E-state index >= 15 is 0 Å². The van der Waals surface area contributed by atoms with E-state index in [-0.39, 0.29) is 18.0 Å². The van der Waals surface area contributed by atoms with Gasteiger partial charge in [0.25, 0.3) is 0 Å². The van der Waals surface area contributed by atoms with Crippen LogP contribution >= 0.6 is 0 Å². The Labute approximate surface area is 90.1 Å². The minimum atomic E-state index is -0.324. The molecule has 1 spiro atoms. The van der Waals surface area contributed by atoms with Gasteiger partial charge in [-0.15, -0.1) is 0 Å². The number of ether oxygens (including phenoxy) is 3. The molecule has 1 aliphatic carbocycles. The highest BCUT2D eigenvalue weighted by molar-refractivity contribution is 4.86. The quantitative estimate of drug-likeness (QED) is 0.696. The van der Waals surface area contributed by atoms with Crippen LogP contribution in [0.5, 0.6) is 0 Å². The van der Waals surface area contributed by atoms with Crippen LogP contribution in [0.2, 0.25) is 0 Å². The molecular weight excluding hydrogens is 194 g/mol. The lowest BCUT2D eigenvalue weighted by Gasteiger charge is -2.35. The Morgan fingerprint density at radius 1 is 1.33 bits per heavy atom. The van der Waals surface area contributed by atoms with E-state index in [0.717, 1.165) is 25.7 Å². The van der Waals surface area contributed by atoms with E-state index in [1.54, 1.807) is 6.92 Å². The number of nitriles is 1. The van der Waals surface area contributed by atoms with Crippen molar-refractivity contribution in [2.45, 2.75) is 50.6 Å². The Hall–Kier alpha value is -0.630. The van der Waals surface area contributed by atoms with Crippen molar-refractivity contribution in [3.05, 3.63) is 0 Å². The summed E-state index contributed by atoms with van der Waals surface area (Å²) in [4.78, 5) is 0. The number of hydrogen-bond acceptors (Lipinski definition) is 4. The summed E-state index contributed by atoms with van der Waals surface area (Å²) in [6.07, 6.45) is 3.50. The third-order valence-electron chi connectivity index (χ3n) is 3.09. The molecule has 4 nitrogen and oxygen atoms in total. The standard InChI is InChI=1S/C11H17NO3/c1-9(8-12)15-10-2-4-11(5-3-10)13-6-7-14-11/h9-10H,2-7H2,1H3. The fraction of sp³-hybridized carbons (Fsp3) is 0.909. The highest BCUT2D eigenvalue weighted by Crippen LogP contribution is 2.36.